The van der Waals surface area contributed by atoms with Crippen molar-refractivity contribution in [1.29, 1.82) is 0 Å². The summed E-state index contributed by atoms with van der Waals surface area (Å²) >= 11 is 0. The van der Waals surface area contributed by atoms with Gasteiger partial charge >= 0.3 is 0 Å². The predicted molar refractivity (Wildman–Crippen MR) is 58.5 cm³/mol. The number of ether oxygens (including phenoxy) is 2. The van der Waals surface area contributed by atoms with Gasteiger partial charge in [0.05, 0.1) is 5.60 Å². The van der Waals surface area contributed by atoms with Crippen LogP contribution in [0.3, 0.4) is 0 Å². The molecule has 2 bridgehead atoms. The molecule has 2 unspecified atom stereocenters. The van der Waals surface area contributed by atoms with Gasteiger partial charge in [-0.05, 0) is 44.4 Å². The van der Waals surface area contributed by atoms with Crippen molar-refractivity contribution in [2.75, 3.05) is 7.11 Å². The second-order valence-corrected chi connectivity index (χ2v) is 5.88. The average Bonchev–Trinajstić information content (AvgIpc) is 2.66. The van der Waals surface area contributed by atoms with Crippen LogP contribution >= 0.6 is 0 Å². The first-order valence-electron chi connectivity index (χ1n) is 6.43. The lowest BCUT2D eigenvalue weighted by Crippen LogP contribution is -2.58. The molecule has 2 heterocycles. The lowest BCUT2D eigenvalue weighted by atomic mass is 9.69. The first-order chi connectivity index (χ1) is 7.18. The van der Waals surface area contributed by atoms with Gasteiger partial charge in [-0.1, -0.05) is 6.42 Å². The Hall–Kier alpha value is -0.0800. The van der Waals surface area contributed by atoms with Gasteiger partial charge in [-0.15, -0.1) is 0 Å². The molecule has 0 aromatic rings. The monoisotopic (exact) mass is 210 g/mol. The summed E-state index contributed by atoms with van der Waals surface area (Å²) in [6, 6.07) is 0. The van der Waals surface area contributed by atoms with Crippen LogP contribution in [0.15, 0.2) is 0 Å². The van der Waals surface area contributed by atoms with Crippen molar-refractivity contribution in [2.24, 2.45) is 11.8 Å². The van der Waals surface area contributed by atoms with Crippen molar-refractivity contribution in [3.63, 3.8) is 0 Å². The standard InChI is InChI=1S/C13H22O2/c1-12-7-4-8-13(14-2,15-12)9-10-5-3-6-11(10)12/h10-11H,3-9H2,1-2H3/t10?,11?,12-,13+/m0/s1. The fourth-order valence-corrected chi connectivity index (χ4v) is 4.35. The molecule has 4 atom stereocenters. The highest BCUT2D eigenvalue weighted by Crippen LogP contribution is 2.56. The van der Waals surface area contributed by atoms with Gasteiger partial charge in [0.2, 0.25) is 0 Å². The first kappa shape index (κ1) is 10.1. The smallest absolute Gasteiger partial charge is 0.168 e. The molecule has 2 nitrogen and oxygen atoms in total. The highest BCUT2D eigenvalue weighted by Gasteiger charge is 2.56. The van der Waals surface area contributed by atoms with E-state index in [1.54, 1.807) is 0 Å². The van der Waals surface area contributed by atoms with Crippen molar-refractivity contribution in [3.8, 4) is 0 Å². The molecule has 86 valence electrons. The van der Waals surface area contributed by atoms with Crippen LogP contribution in [-0.4, -0.2) is 18.5 Å². The zero-order valence-electron chi connectivity index (χ0n) is 9.92. The van der Waals surface area contributed by atoms with Crippen LogP contribution in [0.1, 0.15) is 51.9 Å². The topological polar surface area (TPSA) is 18.5 Å². The molecular weight excluding hydrogens is 188 g/mol. The fraction of sp³-hybridized carbons (Fsp3) is 1.00. The first-order valence-corrected chi connectivity index (χ1v) is 6.43. The Balaban J connectivity index is 1.93. The molecule has 3 fully saturated rings. The highest BCUT2D eigenvalue weighted by molar-refractivity contribution is 5.02. The maximum Gasteiger partial charge on any atom is 0.168 e. The highest BCUT2D eigenvalue weighted by atomic mass is 16.7. The summed E-state index contributed by atoms with van der Waals surface area (Å²) in [6.45, 7) is 2.32. The average molecular weight is 210 g/mol. The molecule has 0 aromatic heterocycles. The lowest BCUT2D eigenvalue weighted by Gasteiger charge is -2.55. The SMILES string of the molecule is CO[C@]12CCC[C@](C)(O1)C1CCCC1C2. The number of fused-ring (bicyclic) bond motifs is 4. The fourth-order valence-electron chi connectivity index (χ4n) is 4.35. The Labute approximate surface area is 92.3 Å². The molecule has 0 radical (unpaired) electrons. The van der Waals surface area contributed by atoms with Gasteiger partial charge in [0.15, 0.2) is 5.79 Å². The van der Waals surface area contributed by atoms with Crippen LogP contribution in [0.2, 0.25) is 0 Å². The Morgan fingerprint density at radius 1 is 1.20 bits per heavy atom. The Morgan fingerprint density at radius 3 is 2.87 bits per heavy atom. The van der Waals surface area contributed by atoms with E-state index < -0.39 is 0 Å². The minimum Gasteiger partial charge on any atom is -0.353 e. The van der Waals surface area contributed by atoms with E-state index in [9.17, 15) is 0 Å². The van der Waals surface area contributed by atoms with Crippen molar-refractivity contribution >= 4 is 0 Å². The summed E-state index contributed by atoms with van der Waals surface area (Å²) in [7, 11) is 1.82. The van der Waals surface area contributed by atoms with E-state index in [4.69, 9.17) is 9.47 Å². The van der Waals surface area contributed by atoms with Gasteiger partial charge in [-0.2, -0.15) is 0 Å². The van der Waals surface area contributed by atoms with E-state index in [2.05, 4.69) is 6.92 Å². The molecule has 0 aromatic carbocycles. The summed E-state index contributed by atoms with van der Waals surface area (Å²) < 4.78 is 12.0. The van der Waals surface area contributed by atoms with E-state index in [1.165, 1.54) is 32.1 Å². The summed E-state index contributed by atoms with van der Waals surface area (Å²) in [5.74, 6) is 1.45. The third-order valence-corrected chi connectivity index (χ3v) is 5.04. The van der Waals surface area contributed by atoms with Gasteiger partial charge in [0.25, 0.3) is 0 Å². The van der Waals surface area contributed by atoms with Crippen molar-refractivity contribution < 1.29 is 9.47 Å². The zero-order valence-corrected chi connectivity index (χ0v) is 9.92. The van der Waals surface area contributed by atoms with Gasteiger partial charge in [-0.3, -0.25) is 0 Å². The summed E-state index contributed by atoms with van der Waals surface area (Å²) in [6.07, 6.45) is 8.92. The maximum absolute atomic E-state index is 6.34. The predicted octanol–water partition coefficient (Wildman–Crippen LogP) is 3.11. The molecule has 3 rings (SSSR count). The molecule has 3 aliphatic rings. The summed E-state index contributed by atoms with van der Waals surface area (Å²) in [5.41, 5.74) is 0.119. The molecule has 2 heteroatoms. The largest absolute Gasteiger partial charge is 0.353 e. The summed E-state index contributed by atoms with van der Waals surface area (Å²) in [4.78, 5) is 0. The van der Waals surface area contributed by atoms with E-state index in [1.807, 2.05) is 7.11 Å². The van der Waals surface area contributed by atoms with Crippen LogP contribution < -0.4 is 0 Å². The van der Waals surface area contributed by atoms with E-state index >= 15 is 0 Å². The van der Waals surface area contributed by atoms with Gasteiger partial charge in [-0.25, -0.2) is 0 Å². The van der Waals surface area contributed by atoms with Crippen LogP contribution in [0.4, 0.5) is 0 Å². The number of hydrogen-bond acceptors (Lipinski definition) is 2. The molecule has 1 aliphatic carbocycles. The molecule has 2 saturated heterocycles. The number of hydrogen-bond donors (Lipinski definition) is 0. The third-order valence-electron chi connectivity index (χ3n) is 5.04. The second kappa shape index (κ2) is 3.21. The van der Waals surface area contributed by atoms with Gasteiger partial charge in [0.1, 0.15) is 0 Å². The molecular formula is C13H22O2. The van der Waals surface area contributed by atoms with Crippen LogP contribution in [0.25, 0.3) is 0 Å². The van der Waals surface area contributed by atoms with E-state index in [0.717, 1.165) is 24.7 Å². The molecule has 0 amide bonds. The molecule has 15 heavy (non-hydrogen) atoms. The Bertz CT molecular complexity index is 265. The normalized spacial score (nSPS) is 54.0. The maximum atomic E-state index is 6.34. The second-order valence-electron chi connectivity index (χ2n) is 5.88. The lowest BCUT2D eigenvalue weighted by molar-refractivity contribution is -0.345. The third kappa shape index (κ3) is 1.38. The van der Waals surface area contributed by atoms with Crippen LogP contribution in [0, 0.1) is 11.8 Å². The zero-order chi connectivity index (χ0) is 10.5. The Kier molecular flexibility index (Phi) is 2.16. The van der Waals surface area contributed by atoms with Crippen LogP contribution in [-0.2, 0) is 9.47 Å². The Morgan fingerprint density at radius 2 is 2.07 bits per heavy atom. The van der Waals surface area contributed by atoms with Crippen molar-refractivity contribution in [1.82, 2.24) is 0 Å². The molecule has 2 aliphatic heterocycles. The van der Waals surface area contributed by atoms with Gasteiger partial charge in [0, 0.05) is 20.0 Å². The van der Waals surface area contributed by atoms with Crippen molar-refractivity contribution in [2.45, 2.75) is 63.3 Å². The van der Waals surface area contributed by atoms with E-state index in [0.29, 0.717) is 0 Å². The van der Waals surface area contributed by atoms with E-state index in [-0.39, 0.29) is 11.4 Å². The minimum atomic E-state index is -0.224. The molecule has 0 N–H and O–H groups in total. The van der Waals surface area contributed by atoms with Gasteiger partial charge < -0.3 is 9.47 Å². The minimum absolute atomic E-state index is 0.119. The molecule has 0 spiro atoms. The molecule has 1 saturated carbocycles. The van der Waals surface area contributed by atoms with Crippen LogP contribution in [0.5, 0.6) is 0 Å². The number of methoxy groups -OCH3 is 1. The quantitative estimate of drug-likeness (QED) is 0.662. The summed E-state index contributed by atoms with van der Waals surface area (Å²) in [5, 5.41) is 0. The number of rotatable bonds is 1. The van der Waals surface area contributed by atoms with Crippen molar-refractivity contribution in [3.05, 3.63) is 0 Å².